The topological polar surface area (TPSA) is 56.7 Å². The van der Waals surface area contributed by atoms with Crippen LogP contribution in [-0.4, -0.2) is 64.6 Å². The van der Waals surface area contributed by atoms with Gasteiger partial charge in [-0.25, -0.2) is 4.98 Å². The molecule has 1 aromatic heterocycles. The van der Waals surface area contributed by atoms with Crippen LogP contribution in [-0.2, 0) is 11.2 Å². The lowest BCUT2D eigenvalue weighted by Crippen LogP contribution is -2.43. The summed E-state index contributed by atoms with van der Waals surface area (Å²) in [5.74, 6) is 0.554. The summed E-state index contributed by atoms with van der Waals surface area (Å²) in [4.78, 5) is 22.9. The molecule has 0 bridgehead atoms. The van der Waals surface area contributed by atoms with Crippen molar-refractivity contribution in [2.75, 3.05) is 32.7 Å². The maximum absolute atomic E-state index is 11.9. The summed E-state index contributed by atoms with van der Waals surface area (Å²) in [5, 5.41) is 11.0. The van der Waals surface area contributed by atoms with Crippen LogP contribution in [0.15, 0.2) is 36.5 Å². The fourth-order valence-electron chi connectivity index (χ4n) is 5.38. The lowest BCUT2D eigenvalue weighted by molar-refractivity contribution is -0.144. The van der Waals surface area contributed by atoms with Crippen LogP contribution < -0.4 is 0 Å². The average Bonchev–Trinajstić information content (AvgIpc) is 3.42. The van der Waals surface area contributed by atoms with Crippen LogP contribution in [0, 0.1) is 11.3 Å². The number of piperidine rings is 1. The number of hydrogen-bond donors (Lipinski definition) is 1. The molecule has 2 aliphatic heterocycles. The highest BCUT2D eigenvalue weighted by Gasteiger charge is 2.35. The number of likely N-dealkylation sites (tertiary alicyclic amines) is 2. The molecule has 0 radical (unpaired) electrons. The van der Waals surface area contributed by atoms with Crippen molar-refractivity contribution in [3.8, 4) is 0 Å². The third-order valence-electron chi connectivity index (χ3n) is 7.12. The first-order chi connectivity index (χ1) is 15.8. The Kier molecular flexibility index (Phi) is 7.87. The molecule has 0 spiro atoms. The summed E-state index contributed by atoms with van der Waals surface area (Å²) < 4.78 is 0. The zero-order valence-electron chi connectivity index (χ0n) is 20.4. The van der Waals surface area contributed by atoms with E-state index in [4.69, 9.17) is 4.98 Å². The molecule has 1 aromatic carbocycles. The lowest BCUT2D eigenvalue weighted by atomic mass is 9.87. The van der Waals surface area contributed by atoms with Gasteiger partial charge in [-0.1, -0.05) is 51.1 Å². The molecule has 2 atom stereocenters. The molecule has 0 aliphatic carbocycles. The van der Waals surface area contributed by atoms with Crippen LogP contribution in [0.5, 0.6) is 0 Å². The van der Waals surface area contributed by atoms with E-state index in [1.54, 1.807) is 0 Å². The first-order valence-corrected chi connectivity index (χ1v) is 13.3. The maximum atomic E-state index is 11.9. The third kappa shape index (κ3) is 6.87. The SMILES string of the molecule is CC(C)(C)CC(C(=O)O)N1CCC(CN2CCC(c3cnc(Cc4ccccc4)s3)CC2)C1. The van der Waals surface area contributed by atoms with Gasteiger partial charge in [-0.2, -0.15) is 0 Å². The number of aromatic nitrogens is 1. The van der Waals surface area contributed by atoms with E-state index in [0.717, 1.165) is 45.6 Å². The number of carboxylic acids is 1. The zero-order valence-corrected chi connectivity index (χ0v) is 21.2. The van der Waals surface area contributed by atoms with Gasteiger partial charge in [0.05, 0.1) is 5.01 Å². The number of carboxylic acid groups (broad SMARTS) is 1. The highest BCUT2D eigenvalue weighted by atomic mass is 32.1. The van der Waals surface area contributed by atoms with E-state index in [1.165, 1.54) is 28.3 Å². The predicted octanol–water partition coefficient (Wildman–Crippen LogP) is 5.12. The summed E-state index contributed by atoms with van der Waals surface area (Å²) >= 11 is 1.89. The highest BCUT2D eigenvalue weighted by molar-refractivity contribution is 7.11. The Labute approximate surface area is 202 Å². The molecule has 2 unspecified atom stereocenters. The van der Waals surface area contributed by atoms with Gasteiger partial charge < -0.3 is 10.0 Å². The number of carbonyl (C=O) groups is 1. The second-order valence-electron chi connectivity index (χ2n) is 11.2. The van der Waals surface area contributed by atoms with E-state index < -0.39 is 5.97 Å². The number of nitrogens with zero attached hydrogens (tertiary/aromatic N) is 3. The summed E-state index contributed by atoms with van der Waals surface area (Å²) in [6.45, 7) is 11.6. The summed E-state index contributed by atoms with van der Waals surface area (Å²) in [5.41, 5.74) is 1.35. The Morgan fingerprint density at radius 2 is 1.88 bits per heavy atom. The molecule has 1 N–H and O–H groups in total. The van der Waals surface area contributed by atoms with E-state index in [0.29, 0.717) is 18.3 Å². The molecule has 2 fully saturated rings. The Bertz CT molecular complexity index is 900. The fourth-order valence-corrected chi connectivity index (χ4v) is 6.50. The molecule has 0 amide bonds. The molecule has 5 nitrogen and oxygen atoms in total. The van der Waals surface area contributed by atoms with Crippen LogP contribution in [0.2, 0.25) is 0 Å². The fraction of sp³-hybridized carbons (Fsp3) is 0.630. The normalized spacial score (nSPS) is 22.0. The Morgan fingerprint density at radius 1 is 1.15 bits per heavy atom. The van der Waals surface area contributed by atoms with E-state index in [9.17, 15) is 9.90 Å². The van der Waals surface area contributed by atoms with Crippen LogP contribution in [0.1, 0.15) is 67.8 Å². The van der Waals surface area contributed by atoms with E-state index in [1.807, 2.05) is 11.3 Å². The molecule has 180 valence electrons. The number of benzene rings is 1. The van der Waals surface area contributed by atoms with Crippen molar-refractivity contribution in [1.82, 2.24) is 14.8 Å². The number of hydrogen-bond acceptors (Lipinski definition) is 5. The Balaban J connectivity index is 1.23. The molecule has 2 saturated heterocycles. The minimum Gasteiger partial charge on any atom is -0.480 e. The Morgan fingerprint density at radius 3 is 2.55 bits per heavy atom. The van der Waals surface area contributed by atoms with Gasteiger partial charge in [0, 0.05) is 30.6 Å². The van der Waals surface area contributed by atoms with Gasteiger partial charge in [0.1, 0.15) is 6.04 Å². The van der Waals surface area contributed by atoms with E-state index >= 15 is 0 Å². The molecular formula is C27H39N3O2S. The molecule has 0 saturated carbocycles. The second kappa shape index (κ2) is 10.7. The Hall–Kier alpha value is -1.76. The smallest absolute Gasteiger partial charge is 0.320 e. The number of thiazole rings is 1. The van der Waals surface area contributed by atoms with Crippen molar-refractivity contribution in [2.24, 2.45) is 11.3 Å². The summed E-state index contributed by atoms with van der Waals surface area (Å²) in [7, 11) is 0. The first-order valence-electron chi connectivity index (χ1n) is 12.4. The summed E-state index contributed by atoms with van der Waals surface area (Å²) in [6.07, 6.45) is 7.26. The average molecular weight is 470 g/mol. The van der Waals surface area contributed by atoms with Crippen molar-refractivity contribution in [3.05, 3.63) is 52.0 Å². The van der Waals surface area contributed by atoms with Gasteiger partial charge in [0.2, 0.25) is 0 Å². The van der Waals surface area contributed by atoms with Gasteiger partial charge in [-0.15, -0.1) is 11.3 Å². The van der Waals surface area contributed by atoms with Crippen LogP contribution in [0.25, 0.3) is 0 Å². The minimum atomic E-state index is -0.664. The quantitative estimate of drug-likeness (QED) is 0.581. The van der Waals surface area contributed by atoms with Crippen molar-refractivity contribution >= 4 is 17.3 Å². The monoisotopic (exact) mass is 469 g/mol. The first kappa shape index (κ1) is 24.4. The molecular weight excluding hydrogens is 430 g/mol. The molecule has 33 heavy (non-hydrogen) atoms. The number of aliphatic carboxylic acids is 1. The third-order valence-corrected chi connectivity index (χ3v) is 8.28. The van der Waals surface area contributed by atoms with Crippen molar-refractivity contribution in [3.63, 3.8) is 0 Å². The van der Waals surface area contributed by atoms with E-state index in [2.05, 4.69) is 67.1 Å². The van der Waals surface area contributed by atoms with Crippen molar-refractivity contribution in [2.45, 2.75) is 64.8 Å². The predicted molar refractivity (Wildman–Crippen MR) is 135 cm³/mol. The van der Waals surface area contributed by atoms with Gasteiger partial charge >= 0.3 is 5.97 Å². The largest absolute Gasteiger partial charge is 0.480 e. The molecule has 2 aliphatic rings. The van der Waals surface area contributed by atoms with Gasteiger partial charge in [-0.3, -0.25) is 9.69 Å². The van der Waals surface area contributed by atoms with E-state index in [-0.39, 0.29) is 11.5 Å². The molecule has 6 heteroatoms. The van der Waals surface area contributed by atoms with Crippen LogP contribution >= 0.6 is 11.3 Å². The highest BCUT2D eigenvalue weighted by Crippen LogP contribution is 2.34. The van der Waals surface area contributed by atoms with Gasteiger partial charge in [-0.05, 0) is 68.1 Å². The maximum Gasteiger partial charge on any atom is 0.320 e. The van der Waals surface area contributed by atoms with Crippen LogP contribution in [0.3, 0.4) is 0 Å². The lowest BCUT2D eigenvalue weighted by Gasteiger charge is -2.33. The summed E-state index contributed by atoms with van der Waals surface area (Å²) in [6, 6.07) is 10.2. The second-order valence-corrected chi connectivity index (χ2v) is 12.3. The van der Waals surface area contributed by atoms with Gasteiger partial charge in [0.25, 0.3) is 0 Å². The minimum absolute atomic E-state index is 0.0284. The van der Waals surface area contributed by atoms with Crippen molar-refractivity contribution in [1.29, 1.82) is 0 Å². The zero-order chi connectivity index (χ0) is 23.4. The van der Waals surface area contributed by atoms with Gasteiger partial charge in [0.15, 0.2) is 0 Å². The molecule has 2 aromatic rings. The van der Waals surface area contributed by atoms with Crippen molar-refractivity contribution < 1.29 is 9.90 Å². The number of rotatable bonds is 8. The molecule has 4 rings (SSSR count). The molecule has 3 heterocycles. The standard InChI is InChI=1S/C27H39N3O2S/c1-27(2,3)16-23(26(31)32)30-14-9-21(19-30)18-29-12-10-22(11-13-29)24-17-28-25(33-24)15-20-7-5-4-6-8-20/h4-8,17,21-23H,9-16,18-19H2,1-3H3,(H,31,32). The van der Waals surface area contributed by atoms with Crippen LogP contribution in [0.4, 0.5) is 0 Å².